The first-order chi connectivity index (χ1) is 16.4. The molecule has 0 aliphatic carbocycles. The zero-order chi connectivity index (χ0) is 24.1. The molecule has 0 fully saturated rings. The van der Waals surface area contributed by atoms with Gasteiger partial charge in [-0.2, -0.15) is 0 Å². The van der Waals surface area contributed by atoms with E-state index in [1.54, 1.807) is 24.4 Å². The molecule has 0 spiro atoms. The zero-order valence-corrected chi connectivity index (χ0v) is 20.1. The molecule has 172 valence electrons. The van der Waals surface area contributed by atoms with Crippen LogP contribution in [0.15, 0.2) is 60.8 Å². The van der Waals surface area contributed by atoms with Gasteiger partial charge in [-0.25, -0.2) is 9.18 Å². The van der Waals surface area contributed by atoms with Crippen molar-refractivity contribution in [3.63, 3.8) is 0 Å². The Balaban J connectivity index is 1.43. The molecule has 0 saturated heterocycles. The molecule has 3 N–H and O–H groups in total. The molecule has 4 aromatic rings. The Labute approximate surface area is 207 Å². The molecule has 2 radical (unpaired) electrons. The molecule has 11 heteroatoms. The first-order valence-corrected chi connectivity index (χ1v) is 11.7. The fraction of sp³-hybridized carbons (Fsp3) is 0.0870. The number of fused-ring (bicyclic) bond motifs is 1. The van der Waals surface area contributed by atoms with Crippen LogP contribution in [0, 0.1) is 11.6 Å². The van der Waals surface area contributed by atoms with Crippen LogP contribution in [0.5, 0.6) is 11.5 Å². The minimum atomic E-state index is -0.682. The predicted molar refractivity (Wildman–Crippen MR) is 129 cm³/mol. The summed E-state index contributed by atoms with van der Waals surface area (Å²) in [4.78, 5) is 21.0. The van der Waals surface area contributed by atoms with Crippen molar-refractivity contribution in [2.24, 2.45) is 0 Å². The minimum absolute atomic E-state index is 0.0314. The van der Waals surface area contributed by atoms with E-state index in [4.69, 9.17) is 16.3 Å². The summed E-state index contributed by atoms with van der Waals surface area (Å²) in [5.41, 5.74) is 1.66. The topological polar surface area (TPSA) is 88.2 Å². The number of carbonyl (C=O) groups is 1. The van der Waals surface area contributed by atoms with Crippen LogP contribution in [-0.2, 0) is 0 Å². The summed E-state index contributed by atoms with van der Waals surface area (Å²) in [6, 6.07) is 12.2. The molecule has 4 rings (SSSR count). The van der Waals surface area contributed by atoms with Gasteiger partial charge in [0.05, 0.1) is 5.02 Å². The quantitative estimate of drug-likeness (QED) is 0.249. The molecule has 0 atom stereocenters. The van der Waals surface area contributed by atoms with Gasteiger partial charge in [0.25, 0.3) is 0 Å². The molecule has 34 heavy (non-hydrogen) atoms. The van der Waals surface area contributed by atoms with E-state index in [-0.39, 0.29) is 22.1 Å². The molecule has 7 nitrogen and oxygen atoms in total. The molecule has 3 aromatic carbocycles. The van der Waals surface area contributed by atoms with Crippen LogP contribution in [0.4, 0.5) is 30.8 Å². The third-order valence-electron chi connectivity index (χ3n) is 4.53. The van der Waals surface area contributed by atoms with Crippen molar-refractivity contribution in [2.75, 3.05) is 22.5 Å². The van der Waals surface area contributed by atoms with Crippen LogP contribution in [0.1, 0.15) is 0 Å². The number of anilines is 3. The molecule has 0 saturated carbocycles. The number of hydrogen-bond acceptors (Lipinski definition) is 5. The Morgan fingerprint density at radius 3 is 2.41 bits per heavy atom. The number of ether oxygens (including phenoxy) is 1. The van der Waals surface area contributed by atoms with Gasteiger partial charge < -0.3 is 10.6 Å². The van der Waals surface area contributed by atoms with Crippen molar-refractivity contribution in [3.8, 4) is 11.5 Å². The van der Waals surface area contributed by atoms with E-state index < -0.39 is 17.7 Å². The number of aromatic nitrogens is 2. The van der Waals surface area contributed by atoms with Crippen LogP contribution in [-0.4, -0.2) is 39.4 Å². The second-order valence-electron chi connectivity index (χ2n) is 7.01. The van der Waals surface area contributed by atoms with E-state index in [2.05, 4.69) is 42.8 Å². The Morgan fingerprint density at radius 1 is 0.971 bits per heavy atom. The summed E-state index contributed by atoms with van der Waals surface area (Å²) in [5.74, 6) is -0.362. The third kappa shape index (κ3) is 5.92. The molecule has 1 aromatic heterocycles. The van der Waals surface area contributed by atoms with Crippen LogP contribution >= 0.6 is 11.6 Å². The molecular formula is C23H17AsClF2N5O2. The van der Waals surface area contributed by atoms with Crippen LogP contribution in [0.2, 0.25) is 10.2 Å². The van der Waals surface area contributed by atoms with Crippen molar-refractivity contribution >= 4 is 62.7 Å². The summed E-state index contributed by atoms with van der Waals surface area (Å²) >= 11 is 8.10. The molecule has 2 amide bonds. The van der Waals surface area contributed by atoms with Gasteiger partial charge in [0.2, 0.25) is 0 Å². The number of amides is 2. The van der Waals surface area contributed by atoms with Gasteiger partial charge in [-0.05, 0) is 18.2 Å². The number of carbonyl (C=O) groups excluding carboxylic acids is 1. The first-order valence-electron chi connectivity index (χ1n) is 10.0. The number of hydrogen-bond donors (Lipinski definition) is 3. The fourth-order valence-electron chi connectivity index (χ4n) is 2.98. The third-order valence-corrected chi connectivity index (χ3v) is 5.30. The van der Waals surface area contributed by atoms with E-state index in [0.717, 1.165) is 23.9 Å². The Bertz CT molecular complexity index is 1360. The number of urea groups is 1. The number of benzene rings is 3. The first kappa shape index (κ1) is 23.7. The van der Waals surface area contributed by atoms with E-state index in [0.29, 0.717) is 22.6 Å². The fourth-order valence-corrected chi connectivity index (χ4v) is 3.33. The number of rotatable bonds is 7. The molecule has 0 aliphatic heterocycles. The Kier molecular flexibility index (Phi) is 7.45. The van der Waals surface area contributed by atoms with E-state index in [9.17, 15) is 13.6 Å². The van der Waals surface area contributed by atoms with E-state index in [1.165, 1.54) is 24.3 Å². The molecular weight excluding hydrogens is 527 g/mol. The SMILES string of the molecule is O=C(Nc1ccc(Cl)c(F)c1)Nc1ccc(Oc2ccc3ncc(NCC[As])nc3c2)c(F)c1. The average molecular weight is 544 g/mol. The number of nitrogens with zero attached hydrogens (tertiary/aromatic N) is 2. The van der Waals surface area contributed by atoms with Crippen molar-refractivity contribution in [1.82, 2.24) is 9.97 Å². The second kappa shape index (κ2) is 10.7. The zero-order valence-electron chi connectivity index (χ0n) is 17.5. The standard InChI is InChI=1S/C23H17AsClF2N5O2/c24-7-8-28-22-12-29-19-5-3-15(11-20(19)32-22)34-21-6-2-14(10-18(21)27)31-23(33)30-13-1-4-16(25)17(26)9-13/h1-6,9-12H,7-8H2,(H,28,32)(H2,30,31,33). The van der Waals surface area contributed by atoms with Crippen LogP contribution in [0.3, 0.4) is 0 Å². The normalized spacial score (nSPS) is 10.7. The van der Waals surface area contributed by atoms with Gasteiger partial charge in [-0.15, -0.1) is 0 Å². The van der Waals surface area contributed by atoms with Gasteiger partial charge in [-0.3, -0.25) is 0 Å². The molecule has 0 aliphatic rings. The Morgan fingerprint density at radius 2 is 1.71 bits per heavy atom. The monoisotopic (exact) mass is 543 g/mol. The van der Waals surface area contributed by atoms with Crippen molar-refractivity contribution in [2.45, 2.75) is 5.21 Å². The van der Waals surface area contributed by atoms with Crippen LogP contribution < -0.4 is 20.7 Å². The number of nitrogens with one attached hydrogen (secondary N) is 3. The van der Waals surface area contributed by atoms with Crippen molar-refractivity contribution in [1.29, 1.82) is 0 Å². The van der Waals surface area contributed by atoms with Gasteiger partial charge >= 0.3 is 136 Å². The molecule has 1 heterocycles. The van der Waals surface area contributed by atoms with E-state index in [1.807, 2.05) is 0 Å². The van der Waals surface area contributed by atoms with Crippen molar-refractivity contribution < 1.29 is 18.3 Å². The predicted octanol–water partition coefficient (Wildman–Crippen LogP) is 6.00. The van der Waals surface area contributed by atoms with Crippen LogP contribution in [0.25, 0.3) is 11.0 Å². The Hall–Kier alpha value is -3.42. The summed E-state index contributed by atoms with van der Waals surface area (Å²) < 4.78 is 33.8. The summed E-state index contributed by atoms with van der Waals surface area (Å²) in [7, 11) is 0. The maximum absolute atomic E-state index is 14.6. The average Bonchev–Trinajstić information content (AvgIpc) is 2.81. The van der Waals surface area contributed by atoms with Gasteiger partial charge in [0.1, 0.15) is 5.82 Å². The number of halogens is 3. The summed E-state index contributed by atoms with van der Waals surface area (Å²) in [5, 5.41) is 8.90. The summed E-state index contributed by atoms with van der Waals surface area (Å²) in [6.45, 7) is 0.747. The summed E-state index contributed by atoms with van der Waals surface area (Å²) in [6.07, 6.45) is 1.65. The van der Waals surface area contributed by atoms with E-state index >= 15 is 0 Å². The molecule has 0 unspecified atom stereocenters. The van der Waals surface area contributed by atoms with Gasteiger partial charge in [0.15, 0.2) is 0 Å². The molecule has 0 bridgehead atoms. The van der Waals surface area contributed by atoms with Crippen molar-refractivity contribution in [3.05, 3.63) is 77.5 Å². The second-order valence-corrected chi connectivity index (χ2v) is 8.36. The maximum atomic E-state index is 14.6. The van der Waals surface area contributed by atoms with Gasteiger partial charge in [0, 0.05) is 11.4 Å². The van der Waals surface area contributed by atoms with Gasteiger partial charge in [-0.1, -0.05) is 11.6 Å².